The summed E-state index contributed by atoms with van der Waals surface area (Å²) >= 11 is 5.64. The van der Waals surface area contributed by atoms with Gasteiger partial charge >= 0.3 is 0 Å². The molecule has 0 aliphatic carbocycles. The molecule has 4 nitrogen and oxygen atoms in total. The third-order valence-electron chi connectivity index (χ3n) is 1.93. The molecular formula is C8H13ClN2O2. The number of quaternary nitrogens is 1. The summed E-state index contributed by atoms with van der Waals surface area (Å²) in [6.07, 6.45) is 2.44. The van der Waals surface area contributed by atoms with Gasteiger partial charge in [0, 0.05) is 0 Å². The van der Waals surface area contributed by atoms with E-state index in [-0.39, 0.29) is 10.8 Å². The van der Waals surface area contributed by atoms with Crippen LogP contribution in [0.25, 0.3) is 0 Å². The Labute approximate surface area is 82.2 Å². The Morgan fingerprint density at radius 3 is 2.46 bits per heavy atom. The van der Waals surface area contributed by atoms with Crippen molar-refractivity contribution >= 4 is 11.6 Å². The topological polar surface area (TPSA) is 55.3 Å². The second-order valence-corrected chi connectivity index (χ2v) is 4.37. The minimum absolute atomic E-state index is 0.0728. The van der Waals surface area contributed by atoms with Gasteiger partial charge in [-0.1, -0.05) is 11.6 Å². The van der Waals surface area contributed by atoms with Crippen molar-refractivity contribution in [1.29, 1.82) is 0 Å². The molecule has 1 heterocycles. The Bertz CT molecular complexity index is 280. The molecule has 0 saturated carbocycles. The molecule has 0 amide bonds. The van der Waals surface area contributed by atoms with Crippen molar-refractivity contribution in [3.63, 3.8) is 0 Å². The molecule has 1 aliphatic heterocycles. The summed E-state index contributed by atoms with van der Waals surface area (Å²) < 4.78 is -0.782. The van der Waals surface area contributed by atoms with Crippen molar-refractivity contribution in [3.8, 4) is 0 Å². The van der Waals surface area contributed by atoms with Crippen LogP contribution in [-0.2, 0) is 0 Å². The van der Waals surface area contributed by atoms with Crippen molar-refractivity contribution in [2.45, 2.75) is 26.3 Å². The van der Waals surface area contributed by atoms with Crippen LogP contribution in [0.15, 0.2) is 23.2 Å². The summed E-state index contributed by atoms with van der Waals surface area (Å²) in [6, 6.07) is 0. The normalized spacial score (nSPS) is 29.0. The van der Waals surface area contributed by atoms with E-state index in [4.69, 9.17) is 16.7 Å². The molecule has 0 fully saturated rings. The van der Waals surface area contributed by atoms with E-state index >= 15 is 0 Å². The van der Waals surface area contributed by atoms with Crippen LogP contribution < -0.4 is 5.43 Å². The van der Waals surface area contributed by atoms with E-state index in [2.05, 4.69) is 5.43 Å². The zero-order valence-electron chi connectivity index (χ0n) is 7.84. The summed E-state index contributed by atoms with van der Waals surface area (Å²) in [4.78, 5) is 0. The zero-order valence-corrected chi connectivity index (χ0v) is 8.59. The smallest absolute Gasteiger partial charge is 0.160 e. The average Bonchev–Trinajstić information content (AvgIpc) is 1.95. The van der Waals surface area contributed by atoms with Gasteiger partial charge in [0.15, 0.2) is 5.76 Å². The Hall–Kier alpha value is -0.710. The molecule has 0 spiro atoms. The molecule has 1 atom stereocenters. The van der Waals surface area contributed by atoms with E-state index in [0.29, 0.717) is 0 Å². The molecule has 2 N–H and O–H groups in total. The predicted octanol–water partition coefficient (Wildman–Crippen LogP) is 2.10. The van der Waals surface area contributed by atoms with Gasteiger partial charge < -0.3 is 10.3 Å². The maximum Gasteiger partial charge on any atom is 0.160 e. The molecule has 0 saturated heterocycles. The fourth-order valence-corrected chi connectivity index (χ4v) is 1.07. The Morgan fingerprint density at radius 2 is 2.08 bits per heavy atom. The highest BCUT2D eigenvalue weighted by Crippen LogP contribution is 2.28. The minimum atomic E-state index is -0.782. The van der Waals surface area contributed by atoms with E-state index in [1.54, 1.807) is 20.8 Å². The lowest BCUT2D eigenvalue weighted by atomic mass is 10.1. The number of hydrogen-bond acceptors (Lipinski definition) is 3. The first-order valence-electron chi connectivity index (χ1n) is 3.92. The molecular weight excluding hydrogens is 192 g/mol. The van der Waals surface area contributed by atoms with Gasteiger partial charge in [-0.2, -0.15) is 0 Å². The quantitative estimate of drug-likeness (QED) is 0.469. The lowest BCUT2D eigenvalue weighted by molar-refractivity contribution is -0.916. The maximum absolute atomic E-state index is 12.0. The monoisotopic (exact) mass is 204 g/mol. The second kappa shape index (κ2) is 2.90. The summed E-state index contributed by atoms with van der Waals surface area (Å²) in [6.45, 7) is 5.34. The van der Waals surface area contributed by atoms with Crippen LogP contribution in [-0.4, -0.2) is 15.4 Å². The second-order valence-electron chi connectivity index (χ2n) is 3.96. The van der Waals surface area contributed by atoms with E-state index in [1.165, 1.54) is 12.4 Å². The highest BCUT2D eigenvalue weighted by Gasteiger charge is 2.34. The zero-order chi connectivity index (χ0) is 10.3. The predicted molar refractivity (Wildman–Crippen MR) is 51.2 cm³/mol. The molecule has 0 bridgehead atoms. The first-order valence-corrected chi connectivity index (χ1v) is 4.29. The van der Waals surface area contributed by atoms with Crippen molar-refractivity contribution < 1.29 is 9.86 Å². The van der Waals surface area contributed by atoms with Gasteiger partial charge in [0.25, 0.3) is 0 Å². The van der Waals surface area contributed by atoms with Gasteiger partial charge in [0.2, 0.25) is 0 Å². The Morgan fingerprint density at radius 1 is 1.54 bits per heavy atom. The van der Waals surface area contributed by atoms with Crippen molar-refractivity contribution in [3.05, 3.63) is 28.4 Å². The molecule has 0 radical (unpaired) electrons. The van der Waals surface area contributed by atoms with E-state index in [0.717, 1.165) is 0 Å². The molecule has 1 aliphatic rings. The number of hydroxylamine groups is 2. The van der Waals surface area contributed by atoms with Gasteiger partial charge in [-0.15, -0.1) is 0 Å². The number of hydrogen-bond donors (Lipinski definition) is 2. The first kappa shape index (κ1) is 10.4. The highest BCUT2D eigenvalue weighted by atomic mass is 35.5. The van der Waals surface area contributed by atoms with Gasteiger partial charge in [-0.25, -0.2) is 10.2 Å². The SMILES string of the molecule is CC(C)(C)[N+]1([O-])C=C(Cl)C(O)=CN1. The van der Waals surface area contributed by atoms with Crippen LogP contribution in [0.2, 0.25) is 0 Å². The molecule has 74 valence electrons. The van der Waals surface area contributed by atoms with E-state index in [9.17, 15) is 5.21 Å². The summed E-state index contributed by atoms with van der Waals surface area (Å²) in [5.41, 5.74) is 1.95. The van der Waals surface area contributed by atoms with Crippen LogP contribution in [0.4, 0.5) is 0 Å². The number of aliphatic hydroxyl groups is 1. The fourth-order valence-electron chi connectivity index (χ4n) is 0.876. The fraction of sp³-hybridized carbons (Fsp3) is 0.500. The number of rotatable bonds is 0. The first-order chi connectivity index (χ1) is 5.76. The van der Waals surface area contributed by atoms with Crippen molar-refractivity contribution in [2.24, 2.45) is 0 Å². The molecule has 0 aromatic carbocycles. The lowest BCUT2D eigenvalue weighted by Gasteiger charge is -2.48. The van der Waals surface area contributed by atoms with Crippen molar-refractivity contribution in [1.82, 2.24) is 5.43 Å². The van der Waals surface area contributed by atoms with Gasteiger partial charge in [-0.3, -0.25) is 0 Å². The van der Waals surface area contributed by atoms with Crippen LogP contribution in [0.3, 0.4) is 0 Å². The highest BCUT2D eigenvalue weighted by molar-refractivity contribution is 6.31. The van der Waals surface area contributed by atoms with Crippen LogP contribution in [0, 0.1) is 5.21 Å². The summed E-state index contributed by atoms with van der Waals surface area (Å²) in [5, 5.41) is 21.2. The summed E-state index contributed by atoms with van der Waals surface area (Å²) in [5.74, 6) is -0.115. The van der Waals surface area contributed by atoms with Crippen LogP contribution >= 0.6 is 11.6 Å². The van der Waals surface area contributed by atoms with E-state index in [1.807, 2.05) is 0 Å². The number of halogens is 1. The number of nitrogens with zero attached hydrogens (tertiary/aromatic N) is 1. The standard InChI is InChI=1S/C8H13ClN2O2/c1-8(2,3)11(13)5-6(9)7(12)4-10-11/h4-5,10,12H,1-3H3. The van der Waals surface area contributed by atoms with Crippen LogP contribution in [0.1, 0.15) is 20.8 Å². The molecule has 1 rings (SSSR count). The number of nitrogens with one attached hydrogen (secondary N) is 1. The van der Waals surface area contributed by atoms with Crippen LogP contribution in [0.5, 0.6) is 0 Å². The minimum Gasteiger partial charge on any atom is -0.601 e. The number of allylic oxidation sites excluding steroid dienone is 1. The largest absolute Gasteiger partial charge is 0.601 e. The Kier molecular flexibility index (Phi) is 2.32. The third-order valence-corrected chi connectivity index (χ3v) is 2.22. The molecule has 13 heavy (non-hydrogen) atoms. The van der Waals surface area contributed by atoms with Gasteiger partial charge in [0.05, 0.1) is 6.20 Å². The van der Waals surface area contributed by atoms with Gasteiger partial charge in [0.1, 0.15) is 16.8 Å². The Balaban J connectivity index is 3.01. The molecule has 0 aromatic rings. The molecule has 5 heteroatoms. The maximum atomic E-state index is 12.0. The van der Waals surface area contributed by atoms with E-state index < -0.39 is 10.3 Å². The third kappa shape index (κ3) is 1.80. The number of aliphatic hydroxyl groups excluding tert-OH is 1. The average molecular weight is 205 g/mol. The lowest BCUT2D eigenvalue weighted by Crippen LogP contribution is -2.59. The van der Waals surface area contributed by atoms with Crippen molar-refractivity contribution in [2.75, 3.05) is 0 Å². The summed E-state index contributed by atoms with van der Waals surface area (Å²) in [7, 11) is 0. The molecule has 1 unspecified atom stereocenters. The van der Waals surface area contributed by atoms with Gasteiger partial charge in [-0.05, 0) is 20.8 Å². The molecule has 0 aromatic heterocycles.